The Bertz CT molecular complexity index is 2320. The molecule has 0 bridgehead atoms. The van der Waals surface area contributed by atoms with Gasteiger partial charge in [0, 0.05) is 38.5 Å². The maximum Gasteiger partial charge on any atom is 0.407 e. The molecule has 0 radical (unpaired) electrons. The fourth-order valence-corrected chi connectivity index (χ4v) is 8.77. The molecule has 1 heterocycles. The largest absolute Gasteiger partial charge is 0.444 e. The van der Waals surface area contributed by atoms with Crippen molar-refractivity contribution in [2.45, 2.75) is 215 Å². The van der Waals surface area contributed by atoms with E-state index in [0.717, 1.165) is 0 Å². The number of ether oxygens (including phenoxy) is 2. The molecule has 8 atom stereocenters. The molecule has 1 aliphatic heterocycles. The molecule has 1 fully saturated rings. The number of alkyl carbamates (subject to hydrolysis) is 2. The lowest BCUT2D eigenvalue weighted by atomic mass is 9.98. The highest BCUT2D eigenvalue weighted by Gasteiger charge is 2.41. The van der Waals surface area contributed by atoms with Crippen molar-refractivity contribution in [2.75, 3.05) is 26.2 Å². The van der Waals surface area contributed by atoms with Crippen molar-refractivity contribution in [2.24, 2.45) is 29.4 Å². The number of benzene rings is 1. The minimum absolute atomic E-state index is 0.00564. The molecule has 24 heteroatoms. The molecule has 1 aliphatic rings. The van der Waals surface area contributed by atoms with Crippen molar-refractivity contribution in [1.29, 1.82) is 0 Å². The maximum atomic E-state index is 14.9. The summed E-state index contributed by atoms with van der Waals surface area (Å²) in [6, 6.07) is -0.326. The van der Waals surface area contributed by atoms with Gasteiger partial charge in [0.25, 0.3) is 0 Å². The number of rotatable bonds is 31. The van der Waals surface area contributed by atoms with E-state index < -0.39 is 125 Å². The van der Waals surface area contributed by atoms with Crippen LogP contribution in [-0.4, -0.2) is 156 Å². The van der Waals surface area contributed by atoms with Crippen LogP contribution in [0.5, 0.6) is 0 Å². The standard InChI is InChI=1S/C58H97N11O13/c1-33(2)44(37(9)70)66-49(73)41(25-20-29-62-56(80)82-58(13,14)15)64-52(76)46(35(5)6)68-51(75)43-26-21-31-69(43)54(78)42(32-38-22-17-16-18-23-38)65-53(77)45(34(3)4)67-50(74)40(24-19-28-61-55(79)81-57(10,11)12)63-48(72)39(59)27-30-60-47(71)36(7)8/h16-18,22-23,33-36,39-46H,19-21,24-32,59H2,1-15H3,(H,60,71)(H,61,79)(H,62,80)(H,63,72)(H,64,76)(H,65,77)(H,66,73)(H,67,74)(H,68,75)/t39-,40+,41+,42+,43-,44-,45-,46+/m0/s1. The van der Waals surface area contributed by atoms with Gasteiger partial charge in [0.1, 0.15) is 47.5 Å². The summed E-state index contributed by atoms with van der Waals surface area (Å²) in [5, 5.41) is 24.6. The number of carbonyl (C=O) groups excluding carboxylic acids is 11. The third-order valence-corrected chi connectivity index (χ3v) is 13.2. The summed E-state index contributed by atoms with van der Waals surface area (Å²) < 4.78 is 10.6. The van der Waals surface area contributed by atoms with E-state index in [2.05, 4.69) is 47.9 Å². The van der Waals surface area contributed by atoms with E-state index in [1.165, 1.54) is 11.8 Å². The number of likely N-dealkylation sites (tertiary alicyclic amines) is 1. The van der Waals surface area contributed by atoms with Gasteiger partial charge in [-0.05, 0) is 117 Å². The average Bonchev–Trinajstić information content (AvgIpc) is 3.93. The summed E-state index contributed by atoms with van der Waals surface area (Å²) in [6.45, 7) is 25.8. The van der Waals surface area contributed by atoms with Gasteiger partial charge in [-0.25, -0.2) is 9.59 Å². The number of carbonyl (C=O) groups is 11. The third kappa shape index (κ3) is 25.9. The van der Waals surface area contributed by atoms with Gasteiger partial charge in [-0.3, -0.25) is 43.2 Å². The van der Waals surface area contributed by atoms with E-state index in [-0.39, 0.29) is 94.7 Å². The molecule has 0 saturated carbocycles. The first-order chi connectivity index (χ1) is 38.1. The Balaban J connectivity index is 2.41. The quantitative estimate of drug-likeness (QED) is 0.0478. The molecule has 10 amide bonds. The maximum absolute atomic E-state index is 14.9. The van der Waals surface area contributed by atoms with E-state index in [9.17, 15) is 52.7 Å². The van der Waals surface area contributed by atoms with Crippen LogP contribution in [0, 0.1) is 23.7 Å². The molecule has 0 unspecified atom stereocenters. The lowest BCUT2D eigenvalue weighted by Crippen LogP contribution is -2.61. The first kappa shape index (κ1) is 71.3. The number of nitrogens with zero attached hydrogens (tertiary/aromatic N) is 1. The first-order valence-electron chi connectivity index (χ1n) is 28.8. The van der Waals surface area contributed by atoms with Crippen molar-refractivity contribution in [3.05, 3.63) is 35.9 Å². The first-order valence-corrected chi connectivity index (χ1v) is 28.8. The van der Waals surface area contributed by atoms with E-state index >= 15 is 0 Å². The molecular weight excluding hydrogens is 1060 g/mol. The summed E-state index contributed by atoms with van der Waals surface area (Å²) in [6.07, 6.45) is -0.227. The zero-order chi connectivity index (χ0) is 62.2. The van der Waals surface area contributed by atoms with Crippen LogP contribution in [0.25, 0.3) is 0 Å². The highest BCUT2D eigenvalue weighted by Crippen LogP contribution is 2.22. The fourth-order valence-electron chi connectivity index (χ4n) is 8.77. The summed E-state index contributed by atoms with van der Waals surface area (Å²) in [5.74, 6) is -6.91. The second kappa shape index (κ2) is 33.9. The van der Waals surface area contributed by atoms with E-state index in [4.69, 9.17) is 15.2 Å². The number of nitrogens with one attached hydrogen (secondary N) is 9. The van der Waals surface area contributed by atoms with Crippen LogP contribution in [0.4, 0.5) is 9.59 Å². The highest BCUT2D eigenvalue weighted by molar-refractivity contribution is 5.98. The molecule has 0 aromatic heterocycles. The van der Waals surface area contributed by atoms with Gasteiger partial charge >= 0.3 is 12.2 Å². The van der Waals surface area contributed by atoms with Crippen LogP contribution in [-0.2, 0) is 59.0 Å². The van der Waals surface area contributed by atoms with Gasteiger partial charge in [0.2, 0.25) is 47.3 Å². The molecule has 24 nitrogen and oxygen atoms in total. The highest BCUT2D eigenvalue weighted by atomic mass is 16.6. The summed E-state index contributed by atoms with van der Waals surface area (Å²) >= 11 is 0. The third-order valence-electron chi connectivity index (χ3n) is 13.2. The summed E-state index contributed by atoms with van der Waals surface area (Å²) in [5.41, 5.74) is 5.37. The minimum atomic E-state index is -1.26. The average molecular weight is 1160 g/mol. The lowest BCUT2D eigenvalue weighted by Gasteiger charge is -2.32. The molecule has 11 N–H and O–H groups in total. The van der Waals surface area contributed by atoms with E-state index in [0.29, 0.717) is 12.0 Å². The summed E-state index contributed by atoms with van der Waals surface area (Å²) in [7, 11) is 0. The molecule has 1 aromatic carbocycles. The fraction of sp³-hybridized carbons (Fsp3) is 0.707. The molecule has 1 saturated heterocycles. The Hall–Kier alpha value is -6.85. The number of Topliss-reactive ketones (excluding diaryl/α,β-unsaturated/α-hetero) is 1. The normalized spacial score (nSPS) is 16.1. The van der Waals surface area contributed by atoms with Crippen LogP contribution in [0.15, 0.2) is 30.3 Å². The van der Waals surface area contributed by atoms with Gasteiger partial charge in [-0.2, -0.15) is 0 Å². The Morgan fingerprint density at radius 3 is 1.45 bits per heavy atom. The zero-order valence-electron chi connectivity index (χ0n) is 51.1. The van der Waals surface area contributed by atoms with E-state index in [1.807, 2.05) is 0 Å². The van der Waals surface area contributed by atoms with Crippen molar-refractivity contribution < 1.29 is 62.2 Å². The molecule has 0 spiro atoms. The van der Waals surface area contributed by atoms with Gasteiger partial charge in [-0.1, -0.05) is 85.7 Å². The minimum Gasteiger partial charge on any atom is -0.444 e. The number of nitrogens with two attached hydrogens (primary N) is 1. The number of hydrogen-bond acceptors (Lipinski definition) is 14. The Morgan fingerprint density at radius 2 is 1.00 bits per heavy atom. The van der Waals surface area contributed by atoms with E-state index in [1.54, 1.807) is 127 Å². The SMILES string of the molecule is CC(=O)[C@@H](NC(=O)[C@@H](CCCNC(=O)OC(C)(C)C)NC(=O)[C@H](NC(=O)[C@@H]1CCCN1C(=O)[C@@H](Cc1ccccc1)NC(=O)[C@@H](NC(=O)[C@@H](CCCNC(=O)OC(C)(C)C)NC(=O)[C@@H](N)CCNC(=O)C(C)C)C(C)C)C(C)C)C(C)C. The van der Waals surface area contributed by atoms with Crippen LogP contribution >= 0.6 is 0 Å². The van der Waals surface area contributed by atoms with Crippen molar-refractivity contribution in [3.63, 3.8) is 0 Å². The topological polar surface area (TPSA) is 344 Å². The Kier molecular flexibility index (Phi) is 29.5. The Morgan fingerprint density at radius 1 is 0.549 bits per heavy atom. The number of amides is 10. The van der Waals surface area contributed by atoms with Crippen molar-refractivity contribution in [3.8, 4) is 0 Å². The predicted molar refractivity (Wildman–Crippen MR) is 309 cm³/mol. The predicted octanol–water partition coefficient (Wildman–Crippen LogP) is 2.79. The van der Waals surface area contributed by atoms with Gasteiger partial charge in [0.15, 0.2) is 5.78 Å². The van der Waals surface area contributed by atoms with Crippen LogP contribution in [0.1, 0.15) is 154 Å². The second-order valence-corrected chi connectivity index (χ2v) is 24.3. The molecule has 0 aliphatic carbocycles. The second-order valence-electron chi connectivity index (χ2n) is 24.3. The van der Waals surface area contributed by atoms with Crippen LogP contribution < -0.4 is 53.6 Å². The van der Waals surface area contributed by atoms with Gasteiger partial charge < -0.3 is 68.0 Å². The monoisotopic (exact) mass is 1160 g/mol. The van der Waals surface area contributed by atoms with Gasteiger partial charge in [0.05, 0.1) is 12.1 Å². The molecule has 1 aromatic rings. The molecule has 462 valence electrons. The number of ketones is 1. The van der Waals surface area contributed by atoms with Gasteiger partial charge in [-0.15, -0.1) is 0 Å². The summed E-state index contributed by atoms with van der Waals surface area (Å²) in [4.78, 5) is 150. The smallest absolute Gasteiger partial charge is 0.407 e. The molecular formula is C58H97N11O13. The Labute approximate surface area is 484 Å². The zero-order valence-corrected chi connectivity index (χ0v) is 51.1. The molecule has 82 heavy (non-hydrogen) atoms. The lowest BCUT2D eigenvalue weighted by molar-refractivity contribution is -0.143. The number of hydrogen-bond donors (Lipinski definition) is 10. The van der Waals surface area contributed by atoms with Crippen molar-refractivity contribution >= 4 is 65.2 Å². The molecule has 2 rings (SSSR count). The van der Waals surface area contributed by atoms with Crippen LogP contribution in [0.2, 0.25) is 0 Å². The van der Waals surface area contributed by atoms with Crippen molar-refractivity contribution in [1.82, 2.24) is 52.8 Å². The van der Waals surface area contributed by atoms with Crippen LogP contribution in [0.3, 0.4) is 0 Å².